The Hall–Kier alpha value is -1.41. The van der Waals surface area contributed by atoms with Crippen LogP contribution >= 0.6 is 0 Å². The molecule has 114 valence electrons. The lowest BCUT2D eigenvalue weighted by Crippen LogP contribution is -2.35. The summed E-state index contributed by atoms with van der Waals surface area (Å²) in [5.74, 6) is 0.961. The van der Waals surface area contributed by atoms with Crippen molar-refractivity contribution in [2.75, 3.05) is 0 Å². The van der Waals surface area contributed by atoms with E-state index in [1.54, 1.807) is 0 Å². The van der Waals surface area contributed by atoms with Gasteiger partial charge in [-0.05, 0) is 36.8 Å². The van der Waals surface area contributed by atoms with Gasteiger partial charge in [0.1, 0.15) is 0 Å². The number of hydrogen-bond donors (Lipinski definition) is 1. The standard InChI is InChI=1S/C19H27NO/c1-14(2)11-19(21,12-15(3)4)13-17-10-9-16-7-5-6-8-18(16)20-17/h5-10,14-15,21H,11-13H2,1-4H3. The molecule has 0 unspecified atom stereocenters. The van der Waals surface area contributed by atoms with Crippen LogP contribution in [0, 0.1) is 11.8 Å². The van der Waals surface area contributed by atoms with Gasteiger partial charge in [-0.3, -0.25) is 4.98 Å². The van der Waals surface area contributed by atoms with E-state index in [0.29, 0.717) is 18.3 Å². The molecule has 1 heterocycles. The van der Waals surface area contributed by atoms with Gasteiger partial charge in [-0.15, -0.1) is 0 Å². The van der Waals surface area contributed by atoms with E-state index >= 15 is 0 Å². The Kier molecular flexibility index (Phi) is 5.00. The van der Waals surface area contributed by atoms with E-state index in [-0.39, 0.29) is 0 Å². The Balaban J connectivity index is 2.24. The fourth-order valence-electron chi connectivity index (χ4n) is 3.29. The monoisotopic (exact) mass is 285 g/mol. The zero-order chi connectivity index (χ0) is 15.5. The van der Waals surface area contributed by atoms with Crippen LogP contribution in [-0.2, 0) is 6.42 Å². The topological polar surface area (TPSA) is 33.1 Å². The van der Waals surface area contributed by atoms with Gasteiger partial charge in [0, 0.05) is 17.5 Å². The number of benzene rings is 1. The normalized spacial score (nSPS) is 12.5. The van der Waals surface area contributed by atoms with Crippen LogP contribution in [0.4, 0.5) is 0 Å². The maximum absolute atomic E-state index is 11.0. The summed E-state index contributed by atoms with van der Waals surface area (Å²) in [7, 11) is 0. The average molecular weight is 285 g/mol. The van der Waals surface area contributed by atoms with Crippen LogP contribution in [0.5, 0.6) is 0 Å². The number of para-hydroxylation sites is 1. The summed E-state index contributed by atoms with van der Waals surface area (Å²) >= 11 is 0. The second-order valence-corrected chi connectivity index (χ2v) is 7.09. The first-order chi connectivity index (χ1) is 9.88. The minimum Gasteiger partial charge on any atom is -0.389 e. The molecule has 0 atom stereocenters. The van der Waals surface area contributed by atoms with E-state index in [0.717, 1.165) is 29.4 Å². The number of fused-ring (bicyclic) bond motifs is 1. The van der Waals surface area contributed by atoms with Crippen LogP contribution in [0.3, 0.4) is 0 Å². The van der Waals surface area contributed by atoms with Crippen molar-refractivity contribution in [1.82, 2.24) is 4.98 Å². The fraction of sp³-hybridized carbons (Fsp3) is 0.526. The van der Waals surface area contributed by atoms with Crippen molar-refractivity contribution in [1.29, 1.82) is 0 Å². The third-order valence-corrected chi connectivity index (χ3v) is 3.74. The first-order valence-electron chi connectivity index (χ1n) is 7.95. The van der Waals surface area contributed by atoms with Gasteiger partial charge >= 0.3 is 0 Å². The lowest BCUT2D eigenvalue weighted by molar-refractivity contribution is 0.00000438. The summed E-state index contributed by atoms with van der Waals surface area (Å²) in [6.07, 6.45) is 2.27. The fourth-order valence-corrected chi connectivity index (χ4v) is 3.29. The highest BCUT2D eigenvalue weighted by molar-refractivity contribution is 5.78. The Morgan fingerprint density at radius 3 is 2.19 bits per heavy atom. The number of hydrogen-bond acceptors (Lipinski definition) is 2. The van der Waals surface area contributed by atoms with Gasteiger partial charge in [-0.25, -0.2) is 0 Å². The minimum atomic E-state index is -0.655. The Morgan fingerprint density at radius 1 is 0.952 bits per heavy atom. The highest BCUT2D eigenvalue weighted by atomic mass is 16.3. The van der Waals surface area contributed by atoms with Crippen molar-refractivity contribution in [3.8, 4) is 0 Å². The predicted octanol–water partition coefficient (Wildman–Crippen LogP) is 4.60. The molecule has 2 rings (SSSR count). The molecule has 0 aliphatic heterocycles. The summed E-state index contributed by atoms with van der Waals surface area (Å²) in [5.41, 5.74) is 1.33. The van der Waals surface area contributed by atoms with E-state index in [1.165, 1.54) is 0 Å². The largest absolute Gasteiger partial charge is 0.389 e. The second-order valence-electron chi connectivity index (χ2n) is 7.09. The molecule has 0 fully saturated rings. The average Bonchev–Trinajstić information content (AvgIpc) is 2.36. The summed E-state index contributed by atoms with van der Waals surface area (Å²) < 4.78 is 0. The Morgan fingerprint density at radius 2 is 1.57 bits per heavy atom. The molecular weight excluding hydrogens is 258 g/mol. The molecule has 21 heavy (non-hydrogen) atoms. The van der Waals surface area contributed by atoms with E-state index in [2.05, 4.69) is 39.8 Å². The minimum absolute atomic E-state index is 0.481. The highest BCUT2D eigenvalue weighted by Gasteiger charge is 2.29. The van der Waals surface area contributed by atoms with Gasteiger partial charge in [0.05, 0.1) is 11.1 Å². The lowest BCUT2D eigenvalue weighted by Gasteiger charge is -2.31. The molecule has 0 aliphatic rings. The van der Waals surface area contributed by atoms with Gasteiger partial charge in [-0.2, -0.15) is 0 Å². The molecule has 0 saturated carbocycles. The van der Waals surface area contributed by atoms with Crippen molar-refractivity contribution in [2.24, 2.45) is 11.8 Å². The molecule has 0 amide bonds. The first-order valence-corrected chi connectivity index (χ1v) is 7.95. The highest BCUT2D eigenvalue weighted by Crippen LogP contribution is 2.28. The third-order valence-electron chi connectivity index (χ3n) is 3.74. The van der Waals surface area contributed by atoms with Crippen molar-refractivity contribution < 1.29 is 5.11 Å². The lowest BCUT2D eigenvalue weighted by atomic mass is 9.81. The number of aromatic nitrogens is 1. The molecule has 2 aromatic rings. The maximum Gasteiger partial charge on any atom is 0.0707 e. The van der Waals surface area contributed by atoms with Gasteiger partial charge < -0.3 is 5.11 Å². The first kappa shape index (κ1) is 16.0. The molecule has 1 aromatic carbocycles. The SMILES string of the molecule is CC(C)CC(O)(Cc1ccc2ccccc2n1)CC(C)C. The van der Waals surface area contributed by atoms with Crippen molar-refractivity contribution in [2.45, 2.75) is 52.6 Å². The second kappa shape index (κ2) is 6.57. The predicted molar refractivity (Wildman–Crippen MR) is 89.3 cm³/mol. The van der Waals surface area contributed by atoms with Crippen LogP contribution < -0.4 is 0 Å². The Bertz CT molecular complexity index is 579. The van der Waals surface area contributed by atoms with Gasteiger partial charge in [-0.1, -0.05) is 52.0 Å². The van der Waals surface area contributed by atoms with E-state index in [4.69, 9.17) is 4.98 Å². The molecule has 2 heteroatoms. The number of rotatable bonds is 6. The molecule has 0 bridgehead atoms. The Labute approximate surface area is 128 Å². The molecule has 1 aromatic heterocycles. The number of aliphatic hydroxyl groups is 1. The number of pyridine rings is 1. The van der Waals surface area contributed by atoms with Gasteiger partial charge in [0.2, 0.25) is 0 Å². The van der Waals surface area contributed by atoms with Gasteiger partial charge in [0.25, 0.3) is 0 Å². The molecule has 2 nitrogen and oxygen atoms in total. The molecule has 0 saturated heterocycles. The molecular formula is C19H27NO. The van der Waals surface area contributed by atoms with Crippen molar-refractivity contribution in [3.05, 3.63) is 42.1 Å². The molecule has 0 aliphatic carbocycles. The molecule has 0 spiro atoms. The smallest absolute Gasteiger partial charge is 0.0707 e. The van der Waals surface area contributed by atoms with E-state index < -0.39 is 5.60 Å². The zero-order valence-corrected chi connectivity index (χ0v) is 13.6. The maximum atomic E-state index is 11.0. The molecule has 0 radical (unpaired) electrons. The van der Waals surface area contributed by atoms with Crippen LogP contribution in [0.1, 0.15) is 46.2 Å². The third kappa shape index (κ3) is 4.53. The van der Waals surface area contributed by atoms with Crippen LogP contribution in [0.25, 0.3) is 10.9 Å². The summed E-state index contributed by atoms with van der Waals surface area (Å²) in [5, 5.41) is 12.2. The van der Waals surface area contributed by atoms with Crippen LogP contribution in [0.2, 0.25) is 0 Å². The van der Waals surface area contributed by atoms with Crippen molar-refractivity contribution >= 4 is 10.9 Å². The van der Waals surface area contributed by atoms with Crippen LogP contribution in [0.15, 0.2) is 36.4 Å². The number of nitrogens with zero attached hydrogens (tertiary/aromatic N) is 1. The van der Waals surface area contributed by atoms with E-state index in [9.17, 15) is 5.11 Å². The van der Waals surface area contributed by atoms with Crippen molar-refractivity contribution in [3.63, 3.8) is 0 Å². The summed E-state index contributed by atoms with van der Waals surface area (Å²) in [6.45, 7) is 8.66. The van der Waals surface area contributed by atoms with Gasteiger partial charge in [0.15, 0.2) is 0 Å². The van der Waals surface area contributed by atoms with Crippen LogP contribution in [-0.4, -0.2) is 15.7 Å². The summed E-state index contributed by atoms with van der Waals surface area (Å²) in [4.78, 5) is 4.71. The van der Waals surface area contributed by atoms with E-state index in [1.807, 2.05) is 24.3 Å². The summed E-state index contributed by atoms with van der Waals surface area (Å²) in [6, 6.07) is 12.3. The zero-order valence-electron chi connectivity index (χ0n) is 13.6. The quantitative estimate of drug-likeness (QED) is 0.841. The molecule has 1 N–H and O–H groups in total.